The summed E-state index contributed by atoms with van der Waals surface area (Å²) in [6.45, 7) is 6.39. The zero-order valence-electron chi connectivity index (χ0n) is 20.8. The third-order valence-electron chi connectivity index (χ3n) is 5.96. The van der Waals surface area contributed by atoms with Crippen LogP contribution in [0.5, 0.6) is 11.5 Å². The third-order valence-corrected chi connectivity index (χ3v) is 5.96. The lowest BCUT2D eigenvalue weighted by atomic mass is 10.1. The SMILES string of the molecule is CCCCN(CCCC)c1cc(OC)c(/C=C/c2oc3cc(C(=O)O)ccc3[n+]2C)c(OC)c1. The van der Waals surface area contributed by atoms with Gasteiger partial charge in [0.1, 0.15) is 18.5 Å². The van der Waals surface area contributed by atoms with Crippen LogP contribution in [0.3, 0.4) is 0 Å². The number of carbonyl (C=O) groups is 1. The Bertz CT molecular complexity index is 1130. The van der Waals surface area contributed by atoms with Crippen LogP contribution in [0, 0.1) is 0 Å². The largest absolute Gasteiger partial charge is 0.496 e. The van der Waals surface area contributed by atoms with Crippen LogP contribution in [0.4, 0.5) is 5.69 Å². The number of nitrogens with zero attached hydrogens (tertiary/aromatic N) is 2. The summed E-state index contributed by atoms with van der Waals surface area (Å²) in [7, 11) is 5.20. The van der Waals surface area contributed by atoms with Crippen LogP contribution in [0.25, 0.3) is 23.3 Å². The predicted molar refractivity (Wildman–Crippen MR) is 135 cm³/mol. The van der Waals surface area contributed by atoms with Crippen LogP contribution in [-0.4, -0.2) is 38.4 Å². The molecule has 0 spiro atoms. The van der Waals surface area contributed by atoms with Crippen LogP contribution < -0.4 is 18.9 Å². The maximum absolute atomic E-state index is 11.3. The number of rotatable bonds is 12. The summed E-state index contributed by atoms with van der Waals surface area (Å²) >= 11 is 0. The molecule has 2 aromatic carbocycles. The summed E-state index contributed by atoms with van der Waals surface area (Å²) in [6, 6.07) is 8.97. The van der Waals surface area contributed by atoms with Crippen LogP contribution in [0.15, 0.2) is 34.7 Å². The summed E-state index contributed by atoms with van der Waals surface area (Å²) in [5, 5.41) is 9.25. The highest BCUT2D eigenvalue weighted by atomic mass is 16.5. The highest BCUT2D eigenvalue weighted by Crippen LogP contribution is 2.36. The molecule has 1 aromatic heterocycles. The molecule has 0 amide bonds. The average Bonchev–Trinajstić information content (AvgIpc) is 3.16. The van der Waals surface area contributed by atoms with Crippen molar-refractivity contribution < 1.29 is 28.4 Å². The van der Waals surface area contributed by atoms with E-state index in [9.17, 15) is 9.90 Å². The lowest BCUT2D eigenvalue weighted by Crippen LogP contribution is -2.29. The molecular formula is C27H35N2O5+. The molecule has 0 unspecified atom stereocenters. The van der Waals surface area contributed by atoms with Crippen molar-refractivity contribution in [1.29, 1.82) is 0 Å². The number of aromatic carboxylic acids is 1. The van der Waals surface area contributed by atoms with Crippen molar-refractivity contribution in [3.8, 4) is 11.5 Å². The molecule has 1 N–H and O–H groups in total. The number of ether oxygens (including phenoxy) is 2. The number of oxazole rings is 1. The fourth-order valence-electron chi connectivity index (χ4n) is 3.95. The minimum Gasteiger partial charge on any atom is -0.496 e. The Morgan fingerprint density at radius 1 is 1.03 bits per heavy atom. The zero-order valence-corrected chi connectivity index (χ0v) is 20.8. The van der Waals surface area contributed by atoms with Crippen LogP contribution >= 0.6 is 0 Å². The summed E-state index contributed by atoms with van der Waals surface area (Å²) in [5.41, 5.74) is 3.40. The summed E-state index contributed by atoms with van der Waals surface area (Å²) < 4.78 is 19.3. The molecule has 34 heavy (non-hydrogen) atoms. The van der Waals surface area contributed by atoms with Gasteiger partial charge in [-0.3, -0.25) is 0 Å². The quantitative estimate of drug-likeness (QED) is 0.352. The van der Waals surface area contributed by atoms with E-state index in [0.29, 0.717) is 11.5 Å². The van der Waals surface area contributed by atoms with Gasteiger partial charge in [-0.2, -0.15) is 4.57 Å². The fourth-order valence-corrected chi connectivity index (χ4v) is 3.95. The third kappa shape index (κ3) is 5.53. The molecule has 0 bridgehead atoms. The molecule has 0 saturated carbocycles. The molecule has 7 heteroatoms. The monoisotopic (exact) mass is 467 g/mol. The summed E-state index contributed by atoms with van der Waals surface area (Å²) in [6.07, 6.45) is 8.27. The lowest BCUT2D eigenvalue weighted by Gasteiger charge is -2.26. The van der Waals surface area contributed by atoms with Crippen molar-refractivity contribution >= 4 is 34.9 Å². The maximum atomic E-state index is 11.3. The Labute approximate surface area is 201 Å². The summed E-state index contributed by atoms with van der Waals surface area (Å²) in [5.74, 6) is 1.03. The molecule has 0 saturated heterocycles. The molecule has 7 nitrogen and oxygen atoms in total. The number of anilines is 1. The average molecular weight is 468 g/mol. The minimum absolute atomic E-state index is 0.187. The molecule has 3 aromatic rings. The van der Waals surface area contributed by atoms with Gasteiger partial charge >= 0.3 is 11.9 Å². The Balaban J connectivity index is 1.99. The van der Waals surface area contributed by atoms with E-state index in [1.54, 1.807) is 26.4 Å². The zero-order chi connectivity index (χ0) is 24.7. The van der Waals surface area contributed by atoms with Gasteiger partial charge in [-0.25, -0.2) is 4.79 Å². The Hall–Kier alpha value is -3.48. The van der Waals surface area contributed by atoms with E-state index in [2.05, 4.69) is 30.9 Å². The number of hydrogen-bond donors (Lipinski definition) is 1. The van der Waals surface area contributed by atoms with E-state index in [1.165, 1.54) is 6.07 Å². The minimum atomic E-state index is -0.987. The normalized spacial score (nSPS) is 11.3. The smallest absolute Gasteiger partial charge is 0.373 e. The van der Waals surface area contributed by atoms with Gasteiger partial charge < -0.3 is 23.9 Å². The highest BCUT2D eigenvalue weighted by Gasteiger charge is 2.20. The molecule has 3 rings (SSSR count). The van der Waals surface area contributed by atoms with E-state index in [4.69, 9.17) is 13.9 Å². The van der Waals surface area contributed by atoms with E-state index >= 15 is 0 Å². The molecule has 0 radical (unpaired) electrons. The first-order valence-corrected chi connectivity index (χ1v) is 11.8. The van der Waals surface area contributed by atoms with Crippen LogP contribution in [-0.2, 0) is 7.05 Å². The van der Waals surface area contributed by atoms with E-state index in [-0.39, 0.29) is 5.56 Å². The molecule has 0 aliphatic carbocycles. The highest BCUT2D eigenvalue weighted by molar-refractivity contribution is 5.91. The summed E-state index contributed by atoms with van der Waals surface area (Å²) in [4.78, 5) is 13.7. The molecule has 0 aliphatic heterocycles. The second-order valence-corrected chi connectivity index (χ2v) is 8.28. The van der Waals surface area contributed by atoms with Gasteiger partial charge in [-0.05, 0) is 25.0 Å². The molecule has 0 fully saturated rings. The number of unbranched alkanes of at least 4 members (excludes halogenated alkanes) is 2. The van der Waals surface area contributed by atoms with Gasteiger partial charge in [0.2, 0.25) is 5.58 Å². The molecule has 1 heterocycles. The predicted octanol–water partition coefficient (Wildman–Crippen LogP) is 5.55. The molecular weight excluding hydrogens is 432 g/mol. The molecule has 0 atom stereocenters. The lowest BCUT2D eigenvalue weighted by molar-refractivity contribution is -0.651. The number of benzene rings is 2. The second-order valence-electron chi connectivity index (χ2n) is 8.28. The molecule has 182 valence electrons. The second kappa shape index (κ2) is 11.6. The Morgan fingerprint density at radius 2 is 1.65 bits per heavy atom. The number of carboxylic acids is 1. The number of hydrogen-bond acceptors (Lipinski definition) is 5. The van der Waals surface area contributed by atoms with Crippen molar-refractivity contribution in [3.05, 3.63) is 47.3 Å². The van der Waals surface area contributed by atoms with Crippen LogP contribution in [0.2, 0.25) is 0 Å². The van der Waals surface area contributed by atoms with E-state index in [0.717, 1.165) is 67.0 Å². The van der Waals surface area contributed by atoms with Gasteiger partial charge in [0, 0.05) is 43.0 Å². The van der Waals surface area contributed by atoms with E-state index < -0.39 is 5.97 Å². The number of carboxylic acid groups (broad SMARTS) is 1. The van der Waals surface area contributed by atoms with Crippen molar-refractivity contribution in [1.82, 2.24) is 0 Å². The van der Waals surface area contributed by atoms with Crippen LogP contribution in [0.1, 0.15) is 61.3 Å². The maximum Gasteiger partial charge on any atom is 0.373 e. The number of methoxy groups -OCH3 is 2. The number of fused-ring (bicyclic) bond motifs is 1. The van der Waals surface area contributed by atoms with Gasteiger partial charge in [-0.15, -0.1) is 0 Å². The van der Waals surface area contributed by atoms with Crippen molar-refractivity contribution in [2.75, 3.05) is 32.2 Å². The first-order valence-electron chi connectivity index (χ1n) is 11.8. The van der Waals surface area contributed by atoms with Gasteiger partial charge in [-0.1, -0.05) is 26.7 Å². The fraction of sp³-hybridized carbons (Fsp3) is 0.407. The Kier molecular flexibility index (Phi) is 8.57. The van der Waals surface area contributed by atoms with Crippen molar-refractivity contribution in [2.24, 2.45) is 7.05 Å². The first-order chi connectivity index (χ1) is 16.4. The standard InChI is InChI=1S/C27H34N2O5/c1-6-8-14-29(15-9-7-2)20-17-23(32-4)21(24(18-20)33-5)11-13-26-28(3)22-12-10-19(27(30)31)16-25(22)34-26/h10-13,16-18H,6-9,14-15H2,1-5H3/p+1. The van der Waals surface area contributed by atoms with Crippen molar-refractivity contribution in [2.45, 2.75) is 39.5 Å². The number of aryl methyl sites for hydroxylation is 1. The van der Waals surface area contributed by atoms with Gasteiger partial charge in [0.15, 0.2) is 0 Å². The first kappa shape index (κ1) is 25.1. The van der Waals surface area contributed by atoms with Gasteiger partial charge in [0.05, 0.1) is 31.4 Å². The topological polar surface area (TPSA) is 76.0 Å². The van der Waals surface area contributed by atoms with Crippen molar-refractivity contribution in [3.63, 3.8) is 0 Å². The number of aromatic nitrogens is 1. The van der Waals surface area contributed by atoms with E-state index in [1.807, 2.05) is 23.8 Å². The van der Waals surface area contributed by atoms with Gasteiger partial charge in [0.25, 0.3) is 5.52 Å². The Morgan fingerprint density at radius 3 is 2.18 bits per heavy atom. The molecule has 0 aliphatic rings.